The largest absolute Gasteiger partial charge is 0.465 e. The summed E-state index contributed by atoms with van der Waals surface area (Å²) in [6.07, 6.45) is 4.83. The summed E-state index contributed by atoms with van der Waals surface area (Å²) in [5.74, 6) is 2.07. The summed E-state index contributed by atoms with van der Waals surface area (Å²) in [6, 6.07) is 0. The Bertz CT molecular complexity index is 247. The van der Waals surface area contributed by atoms with Gasteiger partial charge in [0.15, 0.2) is 0 Å². The van der Waals surface area contributed by atoms with Crippen molar-refractivity contribution in [3.8, 4) is 12.3 Å². The van der Waals surface area contributed by atoms with E-state index in [1.54, 1.807) is 27.9 Å². The minimum absolute atomic E-state index is 0.295. The molecule has 0 aliphatic heterocycles. The highest BCUT2D eigenvalue weighted by Crippen LogP contribution is 2.14. The van der Waals surface area contributed by atoms with Gasteiger partial charge < -0.3 is 9.47 Å². The van der Waals surface area contributed by atoms with E-state index >= 15 is 0 Å². The maximum absolute atomic E-state index is 11.7. The molecule has 0 aliphatic rings. The molecular weight excluding hydrogens is 194 g/mol. The summed E-state index contributed by atoms with van der Waals surface area (Å²) >= 11 is 0. The number of nitrogens with one attached hydrogen (secondary N) is 1. The summed E-state index contributed by atoms with van der Waals surface area (Å²) in [5.41, 5.74) is -0.906. The molecule has 2 atom stereocenters. The first-order valence-corrected chi connectivity index (χ1v) is 4.91. The molecule has 0 amide bonds. The van der Waals surface area contributed by atoms with E-state index in [-0.39, 0.29) is 12.1 Å². The molecule has 0 aliphatic carbocycles. The van der Waals surface area contributed by atoms with Crippen LogP contribution in [0.2, 0.25) is 0 Å². The Balaban J connectivity index is 4.69. The first kappa shape index (κ1) is 13.9. The van der Waals surface area contributed by atoms with Crippen molar-refractivity contribution in [2.75, 3.05) is 20.3 Å². The SMILES string of the molecule is C#CCNC(C)(C(=O)OCC)C(C)OC. The van der Waals surface area contributed by atoms with E-state index in [2.05, 4.69) is 11.2 Å². The highest BCUT2D eigenvalue weighted by atomic mass is 16.5. The van der Waals surface area contributed by atoms with Crippen molar-refractivity contribution < 1.29 is 14.3 Å². The number of rotatable bonds is 6. The number of methoxy groups -OCH3 is 1. The molecule has 4 nitrogen and oxygen atoms in total. The lowest BCUT2D eigenvalue weighted by Crippen LogP contribution is -2.58. The van der Waals surface area contributed by atoms with Crippen LogP contribution in [0, 0.1) is 12.3 Å². The van der Waals surface area contributed by atoms with Crippen LogP contribution < -0.4 is 5.32 Å². The maximum atomic E-state index is 11.7. The molecule has 0 saturated carbocycles. The van der Waals surface area contributed by atoms with Gasteiger partial charge in [0.25, 0.3) is 0 Å². The molecule has 15 heavy (non-hydrogen) atoms. The monoisotopic (exact) mass is 213 g/mol. The Morgan fingerprint density at radius 1 is 1.67 bits per heavy atom. The van der Waals surface area contributed by atoms with Crippen molar-refractivity contribution in [3.05, 3.63) is 0 Å². The van der Waals surface area contributed by atoms with Gasteiger partial charge in [-0.15, -0.1) is 6.42 Å². The standard InChI is InChI=1S/C11H19NO3/c1-6-8-12-11(4,9(3)14-5)10(13)15-7-2/h1,9,12H,7-8H2,2-5H3. The lowest BCUT2D eigenvalue weighted by atomic mass is 9.95. The van der Waals surface area contributed by atoms with Crippen LogP contribution in [-0.2, 0) is 14.3 Å². The summed E-state index contributed by atoms with van der Waals surface area (Å²) < 4.78 is 10.1. The molecule has 0 aromatic carbocycles. The van der Waals surface area contributed by atoms with Gasteiger partial charge in [-0.2, -0.15) is 0 Å². The number of carbonyl (C=O) groups is 1. The molecule has 4 heteroatoms. The third-order valence-corrected chi connectivity index (χ3v) is 2.42. The number of ether oxygens (including phenoxy) is 2. The molecule has 0 heterocycles. The quantitative estimate of drug-likeness (QED) is 0.517. The average molecular weight is 213 g/mol. The first-order valence-electron chi connectivity index (χ1n) is 4.91. The van der Waals surface area contributed by atoms with Gasteiger partial charge in [-0.25, -0.2) is 4.79 Å². The van der Waals surface area contributed by atoms with Crippen LogP contribution >= 0.6 is 0 Å². The van der Waals surface area contributed by atoms with E-state index in [9.17, 15) is 4.79 Å². The highest BCUT2D eigenvalue weighted by Gasteiger charge is 2.40. The van der Waals surface area contributed by atoms with Gasteiger partial charge in [0, 0.05) is 7.11 Å². The van der Waals surface area contributed by atoms with E-state index in [4.69, 9.17) is 15.9 Å². The number of esters is 1. The Morgan fingerprint density at radius 2 is 2.27 bits per heavy atom. The molecule has 86 valence electrons. The molecule has 2 unspecified atom stereocenters. The third-order valence-electron chi connectivity index (χ3n) is 2.42. The van der Waals surface area contributed by atoms with Gasteiger partial charge in [-0.3, -0.25) is 5.32 Å². The molecule has 1 N–H and O–H groups in total. The zero-order valence-corrected chi connectivity index (χ0v) is 9.79. The maximum Gasteiger partial charge on any atom is 0.328 e. The molecule has 0 radical (unpaired) electrons. The van der Waals surface area contributed by atoms with Crippen LogP contribution in [0.3, 0.4) is 0 Å². The predicted octanol–water partition coefficient (Wildman–Crippen LogP) is 0.566. The van der Waals surface area contributed by atoms with Crippen molar-refractivity contribution in [1.82, 2.24) is 5.32 Å². The second-order valence-electron chi connectivity index (χ2n) is 3.36. The Kier molecular flexibility index (Phi) is 5.99. The van der Waals surface area contributed by atoms with E-state index in [1.165, 1.54) is 0 Å². The summed E-state index contributed by atoms with van der Waals surface area (Å²) in [4.78, 5) is 11.7. The Hall–Kier alpha value is -1.05. The van der Waals surface area contributed by atoms with Crippen molar-refractivity contribution in [1.29, 1.82) is 0 Å². The van der Waals surface area contributed by atoms with Crippen LogP contribution in [0.5, 0.6) is 0 Å². The number of hydrogen-bond acceptors (Lipinski definition) is 4. The molecule has 0 rings (SSSR count). The van der Waals surface area contributed by atoms with Gasteiger partial charge in [0.2, 0.25) is 0 Å². The fourth-order valence-electron chi connectivity index (χ4n) is 1.13. The van der Waals surface area contributed by atoms with E-state index in [0.717, 1.165) is 0 Å². The number of carbonyl (C=O) groups excluding carboxylic acids is 1. The molecule has 0 spiro atoms. The van der Waals surface area contributed by atoms with Crippen molar-refractivity contribution in [3.63, 3.8) is 0 Å². The fraction of sp³-hybridized carbons (Fsp3) is 0.727. The zero-order chi connectivity index (χ0) is 11.9. The normalized spacial score (nSPS) is 16.2. The van der Waals surface area contributed by atoms with Crippen molar-refractivity contribution in [2.45, 2.75) is 32.4 Å². The second kappa shape index (κ2) is 6.44. The number of hydrogen-bond donors (Lipinski definition) is 1. The van der Waals surface area contributed by atoms with Crippen LogP contribution in [-0.4, -0.2) is 37.9 Å². The van der Waals surface area contributed by atoms with Gasteiger partial charge in [-0.1, -0.05) is 5.92 Å². The molecular formula is C11H19NO3. The van der Waals surface area contributed by atoms with Gasteiger partial charge in [-0.05, 0) is 20.8 Å². The predicted molar refractivity (Wildman–Crippen MR) is 58.3 cm³/mol. The Labute approximate surface area is 91.3 Å². The minimum atomic E-state index is -0.906. The van der Waals surface area contributed by atoms with Crippen LogP contribution in [0.15, 0.2) is 0 Å². The highest BCUT2D eigenvalue weighted by molar-refractivity contribution is 5.81. The van der Waals surface area contributed by atoms with Gasteiger partial charge >= 0.3 is 5.97 Å². The Morgan fingerprint density at radius 3 is 2.67 bits per heavy atom. The summed E-state index contributed by atoms with van der Waals surface area (Å²) in [6.45, 7) is 5.90. The summed E-state index contributed by atoms with van der Waals surface area (Å²) in [5, 5.41) is 2.95. The van der Waals surface area contributed by atoms with Crippen molar-refractivity contribution in [2.24, 2.45) is 0 Å². The molecule has 0 aromatic heterocycles. The smallest absolute Gasteiger partial charge is 0.328 e. The third kappa shape index (κ3) is 3.54. The van der Waals surface area contributed by atoms with Gasteiger partial charge in [0.05, 0.1) is 19.3 Å². The van der Waals surface area contributed by atoms with Gasteiger partial charge in [0.1, 0.15) is 5.54 Å². The topological polar surface area (TPSA) is 47.6 Å². The fourth-order valence-corrected chi connectivity index (χ4v) is 1.13. The van der Waals surface area contributed by atoms with Crippen molar-refractivity contribution >= 4 is 5.97 Å². The van der Waals surface area contributed by atoms with Crippen LogP contribution in [0.1, 0.15) is 20.8 Å². The lowest BCUT2D eigenvalue weighted by molar-refractivity contribution is -0.156. The zero-order valence-electron chi connectivity index (χ0n) is 9.79. The van der Waals surface area contributed by atoms with Crippen LogP contribution in [0.25, 0.3) is 0 Å². The molecule has 0 aromatic rings. The first-order chi connectivity index (χ1) is 7.02. The lowest BCUT2D eigenvalue weighted by Gasteiger charge is -2.32. The second-order valence-corrected chi connectivity index (χ2v) is 3.36. The molecule has 0 fully saturated rings. The average Bonchev–Trinajstić information content (AvgIpc) is 2.24. The molecule has 0 bridgehead atoms. The minimum Gasteiger partial charge on any atom is -0.465 e. The molecule has 0 saturated heterocycles. The van der Waals surface area contributed by atoms with Crippen LogP contribution in [0.4, 0.5) is 0 Å². The van der Waals surface area contributed by atoms with E-state index in [1.807, 2.05) is 0 Å². The summed E-state index contributed by atoms with van der Waals surface area (Å²) in [7, 11) is 1.54. The number of terminal acetylenes is 1. The van der Waals surface area contributed by atoms with E-state index in [0.29, 0.717) is 13.2 Å². The van der Waals surface area contributed by atoms with E-state index < -0.39 is 5.54 Å².